The summed E-state index contributed by atoms with van der Waals surface area (Å²) >= 11 is 0. The topological polar surface area (TPSA) is 49.4 Å². The zero-order valence-corrected chi connectivity index (χ0v) is 12.4. The molecule has 1 fully saturated rings. The molecule has 0 spiro atoms. The number of nitrogens with zero attached hydrogens (tertiary/aromatic N) is 1. The molecule has 0 aromatic carbocycles. The van der Waals surface area contributed by atoms with E-state index in [1.165, 1.54) is 0 Å². The number of carbonyl (C=O) groups excluding carboxylic acids is 2. The van der Waals surface area contributed by atoms with E-state index in [4.69, 9.17) is 0 Å². The van der Waals surface area contributed by atoms with Crippen LogP contribution in [-0.2, 0) is 9.59 Å². The molecular weight excluding hydrogens is 228 g/mol. The van der Waals surface area contributed by atoms with Gasteiger partial charge in [0.2, 0.25) is 11.8 Å². The second-order valence-electron chi connectivity index (χ2n) is 5.99. The summed E-state index contributed by atoms with van der Waals surface area (Å²) in [6.07, 6.45) is 1.77. The fourth-order valence-electron chi connectivity index (χ4n) is 2.71. The number of piperazine rings is 1. The molecule has 1 aliphatic rings. The normalized spacial score (nSPS) is 23.8. The number of amides is 2. The molecule has 1 N–H and O–H groups in total. The molecule has 104 valence electrons. The fourth-order valence-corrected chi connectivity index (χ4v) is 2.71. The van der Waals surface area contributed by atoms with Gasteiger partial charge >= 0.3 is 0 Å². The summed E-state index contributed by atoms with van der Waals surface area (Å²) < 4.78 is 0. The van der Waals surface area contributed by atoms with Gasteiger partial charge in [-0.2, -0.15) is 0 Å². The number of hydrogen-bond donors (Lipinski definition) is 1. The molecule has 0 saturated carbocycles. The van der Waals surface area contributed by atoms with Gasteiger partial charge in [-0.25, -0.2) is 0 Å². The van der Waals surface area contributed by atoms with Crippen LogP contribution in [0.5, 0.6) is 0 Å². The van der Waals surface area contributed by atoms with E-state index in [0.717, 1.165) is 12.8 Å². The summed E-state index contributed by atoms with van der Waals surface area (Å²) in [5.74, 6) is 0.140. The first kappa shape index (κ1) is 15.0. The van der Waals surface area contributed by atoms with Gasteiger partial charge < -0.3 is 10.2 Å². The van der Waals surface area contributed by atoms with Crippen LogP contribution in [0.25, 0.3) is 0 Å². The summed E-state index contributed by atoms with van der Waals surface area (Å²) in [7, 11) is 0. The Morgan fingerprint density at radius 3 is 2.11 bits per heavy atom. The van der Waals surface area contributed by atoms with Gasteiger partial charge in [0.05, 0.1) is 0 Å². The molecule has 0 aliphatic carbocycles. The number of carbonyl (C=O) groups is 2. The maximum atomic E-state index is 12.6. The third kappa shape index (κ3) is 2.52. The van der Waals surface area contributed by atoms with Crippen molar-refractivity contribution in [3.8, 4) is 0 Å². The van der Waals surface area contributed by atoms with Crippen molar-refractivity contribution in [1.82, 2.24) is 10.2 Å². The Bertz CT molecular complexity index is 333. The average Bonchev–Trinajstić information content (AvgIpc) is 2.25. The molecule has 4 nitrogen and oxygen atoms in total. The van der Waals surface area contributed by atoms with Crippen molar-refractivity contribution in [3.05, 3.63) is 0 Å². The van der Waals surface area contributed by atoms with Crippen molar-refractivity contribution >= 4 is 11.8 Å². The predicted molar refractivity (Wildman–Crippen MR) is 72.1 cm³/mol. The van der Waals surface area contributed by atoms with Crippen LogP contribution >= 0.6 is 0 Å². The summed E-state index contributed by atoms with van der Waals surface area (Å²) in [5.41, 5.74) is -0.787. The molecule has 2 amide bonds. The lowest BCUT2D eigenvalue weighted by Gasteiger charge is -2.47. The zero-order valence-electron chi connectivity index (χ0n) is 12.4. The number of nitrogens with one attached hydrogen (secondary N) is 1. The fraction of sp³-hybridized carbons (Fsp3) is 0.857. The van der Waals surface area contributed by atoms with Gasteiger partial charge in [-0.15, -0.1) is 0 Å². The highest BCUT2D eigenvalue weighted by Gasteiger charge is 2.48. The minimum absolute atomic E-state index is 0.0264. The molecule has 0 aromatic heterocycles. The third-order valence-corrected chi connectivity index (χ3v) is 3.74. The minimum atomic E-state index is -0.787. The largest absolute Gasteiger partial charge is 0.340 e. The second-order valence-corrected chi connectivity index (χ2v) is 5.99. The summed E-state index contributed by atoms with van der Waals surface area (Å²) in [6, 6.07) is -0.189. The van der Waals surface area contributed by atoms with E-state index in [-0.39, 0.29) is 29.8 Å². The molecule has 1 heterocycles. The molecule has 1 aliphatic heterocycles. The van der Waals surface area contributed by atoms with Gasteiger partial charge in [-0.05, 0) is 32.6 Å². The maximum Gasteiger partial charge on any atom is 0.248 e. The smallest absolute Gasteiger partial charge is 0.248 e. The molecule has 1 rings (SSSR count). The summed E-state index contributed by atoms with van der Waals surface area (Å²) in [6.45, 7) is 11.7. The standard InChI is InChI=1S/C14H26N2O2/c1-7-10(8-2)16-11(9(3)4)12(17)15-14(5,6)13(16)18/h9-11H,7-8H2,1-6H3,(H,15,17). The van der Waals surface area contributed by atoms with Gasteiger partial charge in [-0.3, -0.25) is 9.59 Å². The first-order chi connectivity index (χ1) is 8.26. The van der Waals surface area contributed by atoms with Gasteiger partial charge in [0.25, 0.3) is 0 Å². The Morgan fingerprint density at radius 1 is 1.22 bits per heavy atom. The van der Waals surface area contributed by atoms with Crippen LogP contribution in [0.15, 0.2) is 0 Å². The lowest BCUT2D eigenvalue weighted by molar-refractivity contribution is -0.158. The Balaban J connectivity index is 3.17. The lowest BCUT2D eigenvalue weighted by atomic mass is 9.89. The van der Waals surface area contributed by atoms with Gasteiger partial charge in [0, 0.05) is 6.04 Å². The van der Waals surface area contributed by atoms with Gasteiger partial charge in [0.1, 0.15) is 11.6 Å². The highest BCUT2D eigenvalue weighted by molar-refractivity contribution is 5.99. The molecule has 4 heteroatoms. The van der Waals surface area contributed by atoms with Crippen molar-refractivity contribution in [1.29, 1.82) is 0 Å². The molecular formula is C14H26N2O2. The third-order valence-electron chi connectivity index (χ3n) is 3.74. The van der Waals surface area contributed by atoms with E-state index in [0.29, 0.717) is 0 Å². The van der Waals surface area contributed by atoms with Crippen LogP contribution < -0.4 is 5.32 Å². The van der Waals surface area contributed by atoms with E-state index in [9.17, 15) is 9.59 Å². The minimum Gasteiger partial charge on any atom is -0.340 e. The Morgan fingerprint density at radius 2 is 1.72 bits per heavy atom. The van der Waals surface area contributed by atoms with Gasteiger partial charge in [0.15, 0.2) is 0 Å². The van der Waals surface area contributed by atoms with Gasteiger partial charge in [-0.1, -0.05) is 27.7 Å². The van der Waals surface area contributed by atoms with Crippen LogP contribution in [0, 0.1) is 5.92 Å². The SMILES string of the molecule is CCC(CC)N1C(=O)C(C)(C)NC(=O)C1C(C)C. The Hall–Kier alpha value is -1.06. The van der Waals surface area contributed by atoms with E-state index in [1.807, 2.05) is 18.7 Å². The summed E-state index contributed by atoms with van der Waals surface area (Å²) in [5, 5.41) is 2.84. The lowest BCUT2D eigenvalue weighted by Crippen LogP contribution is -2.71. The molecule has 0 bridgehead atoms. The predicted octanol–water partition coefficient (Wildman–Crippen LogP) is 1.94. The zero-order chi connectivity index (χ0) is 14.1. The molecule has 18 heavy (non-hydrogen) atoms. The molecule has 1 atom stereocenters. The monoisotopic (exact) mass is 254 g/mol. The van der Waals surface area contributed by atoms with E-state index >= 15 is 0 Å². The highest BCUT2D eigenvalue weighted by atomic mass is 16.2. The number of rotatable bonds is 4. The molecule has 1 saturated heterocycles. The van der Waals surface area contributed by atoms with Crippen LogP contribution in [0.1, 0.15) is 54.4 Å². The van der Waals surface area contributed by atoms with Crippen molar-refractivity contribution < 1.29 is 9.59 Å². The maximum absolute atomic E-state index is 12.6. The van der Waals surface area contributed by atoms with Crippen molar-refractivity contribution in [2.24, 2.45) is 5.92 Å². The van der Waals surface area contributed by atoms with Crippen LogP contribution in [-0.4, -0.2) is 34.3 Å². The van der Waals surface area contributed by atoms with Crippen LogP contribution in [0.3, 0.4) is 0 Å². The second kappa shape index (κ2) is 5.29. The summed E-state index contributed by atoms with van der Waals surface area (Å²) in [4.78, 5) is 26.6. The molecule has 0 aromatic rings. The van der Waals surface area contributed by atoms with Crippen LogP contribution in [0.2, 0.25) is 0 Å². The first-order valence-electron chi connectivity index (χ1n) is 6.91. The highest BCUT2D eigenvalue weighted by Crippen LogP contribution is 2.27. The van der Waals surface area contributed by atoms with Crippen molar-refractivity contribution in [2.45, 2.75) is 72.0 Å². The Labute approximate surface area is 110 Å². The van der Waals surface area contributed by atoms with Crippen LogP contribution in [0.4, 0.5) is 0 Å². The van der Waals surface area contributed by atoms with Crippen molar-refractivity contribution in [2.75, 3.05) is 0 Å². The number of hydrogen-bond acceptors (Lipinski definition) is 2. The van der Waals surface area contributed by atoms with E-state index in [1.54, 1.807) is 13.8 Å². The van der Waals surface area contributed by atoms with Crippen molar-refractivity contribution in [3.63, 3.8) is 0 Å². The molecule has 1 unspecified atom stereocenters. The van der Waals surface area contributed by atoms with E-state index in [2.05, 4.69) is 19.2 Å². The average molecular weight is 254 g/mol. The quantitative estimate of drug-likeness (QED) is 0.833. The molecule has 0 radical (unpaired) electrons. The first-order valence-corrected chi connectivity index (χ1v) is 6.91. The van der Waals surface area contributed by atoms with E-state index < -0.39 is 5.54 Å². The Kier molecular flexibility index (Phi) is 4.41.